The van der Waals surface area contributed by atoms with Crippen molar-refractivity contribution >= 4 is 16.0 Å². The van der Waals surface area contributed by atoms with Gasteiger partial charge in [0.2, 0.25) is 5.95 Å². The molecule has 142 valence electrons. The fraction of sp³-hybridized carbons (Fsp3) is 0.222. The van der Waals surface area contributed by atoms with E-state index in [9.17, 15) is 8.42 Å². The van der Waals surface area contributed by atoms with Gasteiger partial charge >= 0.3 is 0 Å². The first kappa shape index (κ1) is 18.7. The molecule has 3 rings (SSSR count). The molecule has 0 spiro atoms. The number of aromatic nitrogens is 3. The summed E-state index contributed by atoms with van der Waals surface area (Å²) in [4.78, 5) is 4.35. The van der Waals surface area contributed by atoms with Crippen molar-refractivity contribution in [2.24, 2.45) is 0 Å². The van der Waals surface area contributed by atoms with Gasteiger partial charge < -0.3 is 14.8 Å². The smallest absolute Gasteiger partial charge is 0.254 e. The van der Waals surface area contributed by atoms with E-state index in [1.54, 1.807) is 38.5 Å². The molecule has 3 aromatic rings. The van der Waals surface area contributed by atoms with E-state index < -0.39 is 10.0 Å². The molecule has 8 nitrogen and oxygen atoms in total. The minimum absolute atomic E-state index is 0.152. The van der Waals surface area contributed by atoms with E-state index in [4.69, 9.17) is 9.47 Å². The number of nitrogens with zero attached hydrogens (tertiary/aromatic N) is 3. The summed E-state index contributed by atoms with van der Waals surface area (Å²) in [5.41, 5.74) is 1.63. The van der Waals surface area contributed by atoms with E-state index in [2.05, 4.69) is 15.4 Å². The summed E-state index contributed by atoms with van der Waals surface area (Å²) in [7, 11) is -0.437. The second-order valence-electron chi connectivity index (χ2n) is 5.80. The lowest BCUT2D eigenvalue weighted by Gasteiger charge is -2.07. The zero-order valence-corrected chi connectivity index (χ0v) is 16.0. The first-order chi connectivity index (χ1) is 12.9. The van der Waals surface area contributed by atoms with E-state index in [0.29, 0.717) is 23.7 Å². The van der Waals surface area contributed by atoms with Crippen molar-refractivity contribution in [1.29, 1.82) is 0 Å². The van der Waals surface area contributed by atoms with Crippen LogP contribution in [0.3, 0.4) is 0 Å². The molecule has 1 N–H and O–H groups in total. The van der Waals surface area contributed by atoms with Gasteiger partial charge in [0.25, 0.3) is 10.0 Å². The Morgan fingerprint density at radius 1 is 0.963 bits per heavy atom. The molecule has 9 heteroatoms. The number of benzene rings is 2. The van der Waals surface area contributed by atoms with Crippen molar-refractivity contribution in [3.63, 3.8) is 0 Å². The van der Waals surface area contributed by atoms with Gasteiger partial charge in [-0.1, -0.05) is 12.1 Å². The van der Waals surface area contributed by atoms with Crippen LogP contribution >= 0.6 is 0 Å². The normalized spacial score (nSPS) is 11.2. The van der Waals surface area contributed by atoms with Crippen LogP contribution in [0.25, 0.3) is 11.4 Å². The summed E-state index contributed by atoms with van der Waals surface area (Å²) in [6.45, 7) is 0.389. The molecule has 0 radical (unpaired) electrons. The zero-order valence-electron chi connectivity index (χ0n) is 15.2. The van der Waals surface area contributed by atoms with E-state index in [-0.39, 0.29) is 5.95 Å². The van der Waals surface area contributed by atoms with Crippen LogP contribution in [0.5, 0.6) is 11.5 Å². The first-order valence-corrected chi connectivity index (χ1v) is 9.94. The van der Waals surface area contributed by atoms with Gasteiger partial charge in [-0.2, -0.15) is 4.98 Å². The molecule has 1 aromatic heterocycles. The fourth-order valence-electron chi connectivity index (χ4n) is 2.42. The molecular weight excluding hydrogens is 368 g/mol. The lowest BCUT2D eigenvalue weighted by atomic mass is 10.2. The maximum absolute atomic E-state index is 12.1. The summed E-state index contributed by atoms with van der Waals surface area (Å²) in [6.07, 6.45) is 1.08. The molecule has 2 aromatic carbocycles. The number of rotatable bonds is 7. The van der Waals surface area contributed by atoms with Gasteiger partial charge in [-0.15, -0.1) is 9.19 Å². The lowest BCUT2D eigenvalue weighted by Crippen LogP contribution is -2.16. The Kier molecular flexibility index (Phi) is 5.31. The molecule has 0 saturated heterocycles. The molecule has 0 fully saturated rings. The summed E-state index contributed by atoms with van der Waals surface area (Å²) >= 11 is 0. The van der Waals surface area contributed by atoms with Gasteiger partial charge in [0, 0.05) is 12.1 Å². The predicted octanol–water partition coefficient (Wildman–Crippen LogP) is 2.38. The third kappa shape index (κ3) is 4.37. The lowest BCUT2D eigenvalue weighted by molar-refractivity contribution is 0.414. The first-order valence-electron chi connectivity index (χ1n) is 8.09. The molecule has 0 saturated carbocycles. The molecule has 0 unspecified atom stereocenters. The number of nitrogens with one attached hydrogen (secondary N) is 1. The van der Waals surface area contributed by atoms with Gasteiger partial charge in [0.15, 0.2) is 5.82 Å². The summed E-state index contributed by atoms with van der Waals surface area (Å²) in [5.74, 6) is 1.90. The summed E-state index contributed by atoms with van der Waals surface area (Å²) in [5, 5.41) is 7.17. The SMILES string of the molecule is COc1ccc(CNc2nc(-c3ccc(OC)cc3)nn2S(C)(=O)=O)cc1. The summed E-state index contributed by atoms with van der Waals surface area (Å²) in [6, 6.07) is 14.5. The van der Waals surface area contributed by atoms with Crippen molar-refractivity contribution in [1.82, 2.24) is 14.2 Å². The highest BCUT2D eigenvalue weighted by Gasteiger charge is 2.18. The standard InChI is InChI=1S/C18H20N4O4S/c1-25-15-8-4-13(5-9-15)12-19-18-20-17(21-22(18)27(3,23)24)14-6-10-16(26-2)11-7-14/h4-11H,12H2,1-3H3,(H,19,20,21). The van der Waals surface area contributed by atoms with Crippen LogP contribution in [0.15, 0.2) is 48.5 Å². The Balaban J connectivity index is 1.87. The topological polar surface area (TPSA) is 95.3 Å². The fourth-order valence-corrected chi connectivity index (χ4v) is 3.07. The molecule has 1 heterocycles. The van der Waals surface area contributed by atoms with Crippen molar-refractivity contribution in [2.75, 3.05) is 25.8 Å². The third-order valence-electron chi connectivity index (χ3n) is 3.85. The number of hydrogen-bond donors (Lipinski definition) is 1. The maximum Gasteiger partial charge on any atom is 0.254 e. The number of anilines is 1. The van der Waals surface area contributed by atoms with Crippen LogP contribution < -0.4 is 14.8 Å². The van der Waals surface area contributed by atoms with Crippen molar-refractivity contribution in [3.05, 3.63) is 54.1 Å². The minimum Gasteiger partial charge on any atom is -0.497 e. The van der Waals surface area contributed by atoms with Gasteiger partial charge in [0.05, 0.1) is 20.5 Å². The predicted molar refractivity (Wildman–Crippen MR) is 103 cm³/mol. The molecule has 0 aliphatic heterocycles. The number of hydrogen-bond acceptors (Lipinski definition) is 7. The molecular formula is C18H20N4O4S. The molecule has 0 amide bonds. The Labute approximate surface area is 157 Å². The monoisotopic (exact) mass is 388 g/mol. The van der Waals surface area contributed by atoms with Crippen LogP contribution in [-0.2, 0) is 16.6 Å². The Bertz CT molecular complexity index is 1010. The maximum atomic E-state index is 12.1. The van der Waals surface area contributed by atoms with Crippen LogP contribution in [0.4, 0.5) is 5.95 Å². The highest BCUT2D eigenvalue weighted by molar-refractivity contribution is 7.89. The van der Waals surface area contributed by atoms with Crippen molar-refractivity contribution in [3.8, 4) is 22.9 Å². The van der Waals surface area contributed by atoms with Crippen LogP contribution in [-0.4, -0.2) is 43.1 Å². The van der Waals surface area contributed by atoms with Crippen LogP contribution in [0, 0.1) is 0 Å². The van der Waals surface area contributed by atoms with E-state index in [1.807, 2.05) is 24.3 Å². The van der Waals surface area contributed by atoms with Crippen LogP contribution in [0.2, 0.25) is 0 Å². The van der Waals surface area contributed by atoms with Gasteiger partial charge in [-0.25, -0.2) is 8.42 Å². The average Bonchev–Trinajstić information content (AvgIpc) is 3.11. The van der Waals surface area contributed by atoms with E-state index in [0.717, 1.165) is 21.7 Å². The molecule has 0 aliphatic rings. The Hall–Kier alpha value is -3.07. The minimum atomic E-state index is -3.61. The Morgan fingerprint density at radius 3 is 2.04 bits per heavy atom. The molecule has 27 heavy (non-hydrogen) atoms. The second kappa shape index (κ2) is 7.67. The van der Waals surface area contributed by atoms with Crippen molar-refractivity contribution in [2.45, 2.75) is 6.54 Å². The van der Waals surface area contributed by atoms with Gasteiger partial charge in [-0.3, -0.25) is 0 Å². The van der Waals surface area contributed by atoms with Crippen LogP contribution in [0.1, 0.15) is 5.56 Å². The van der Waals surface area contributed by atoms with E-state index in [1.165, 1.54) is 0 Å². The van der Waals surface area contributed by atoms with Gasteiger partial charge in [0.1, 0.15) is 11.5 Å². The second-order valence-corrected chi connectivity index (χ2v) is 7.61. The number of methoxy groups -OCH3 is 2. The quantitative estimate of drug-likeness (QED) is 0.664. The van der Waals surface area contributed by atoms with E-state index >= 15 is 0 Å². The summed E-state index contributed by atoms with van der Waals surface area (Å²) < 4.78 is 35.3. The number of ether oxygens (including phenoxy) is 2. The molecule has 0 bridgehead atoms. The molecule has 0 atom stereocenters. The van der Waals surface area contributed by atoms with Crippen molar-refractivity contribution < 1.29 is 17.9 Å². The highest BCUT2D eigenvalue weighted by atomic mass is 32.2. The highest BCUT2D eigenvalue weighted by Crippen LogP contribution is 2.22. The average molecular weight is 388 g/mol. The molecule has 0 aliphatic carbocycles. The zero-order chi connectivity index (χ0) is 19.4. The third-order valence-corrected chi connectivity index (χ3v) is 4.73. The largest absolute Gasteiger partial charge is 0.497 e. The van der Waals surface area contributed by atoms with Gasteiger partial charge in [-0.05, 0) is 42.0 Å². The Morgan fingerprint density at radius 2 is 1.52 bits per heavy atom.